The number of esters is 2. The van der Waals surface area contributed by atoms with Gasteiger partial charge in [-0.3, -0.25) is 9.59 Å². The number of aliphatic hydroxyl groups is 17. The number of methoxy groups -OCH3 is 1. The van der Waals surface area contributed by atoms with Crippen LogP contribution in [0.4, 0.5) is 0 Å². The number of hydrogen-bond donors (Lipinski definition) is 17. The van der Waals surface area contributed by atoms with Crippen LogP contribution >= 0.6 is 0 Å². The number of carbonyl (C=O) groups excluding carboxylic acids is 5. The minimum absolute atomic E-state index is 0. The highest BCUT2D eigenvalue weighted by Gasteiger charge is 2.26. The van der Waals surface area contributed by atoms with Crippen LogP contribution in [0.1, 0.15) is 165 Å². The molecule has 24 heteroatoms. The molecule has 1 aliphatic heterocycles. The lowest BCUT2D eigenvalue weighted by atomic mass is 10.0. The van der Waals surface area contributed by atoms with E-state index in [0.717, 1.165) is 25.7 Å². The summed E-state index contributed by atoms with van der Waals surface area (Å²) in [5.41, 5.74) is 0. The molecule has 1 heterocycles. The van der Waals surface area contributed by atoms with Gasteiger partial charge in [0.25, 0.3) is 0 Å². The molecule has 1 rings (SSSR count). The molecule has 1 aliphatic rings. The van der Waals surface area contributed by atoms with E-state index in [1.165, 1.54) is 27.9 Å². The third-order valence-electron chi connectivity index (χ3n) is 10.2. The lowest BCUT2D eigenvalue weighted by Gasteiger charge is -2.25. The number of rotatable bonds is 32. The first-order valence-electron chi connectivity index (χ1n) is 24.2. The molecule has 0 aromatic rings. The predicted octanol–water partition coefficient (Wildman–Crippen LogP) is -1.59. The molecule has 0 aromatic carbocycles. The zero-order chi connectivity index (χ0) is 55.9. The van der Waals surface area contributed by atoms with Gasteiger partial charge >= 0.3 is 11.9 Å². The number of hydrogen-bond acceptors (Lipinski definition) is 24. The van der Waals surface area contributed by atoms with Gasteiger partial charge in [-0.2, -0.15) is 0 Å². The quantitative estimate of drug-likeness (QED) is 0.0267. The smallest absolute Gasteiger partial charge is 0.306 e. The van der Waals surface area contributed by atoms with Gasteiger partial charge in [-0.25, -0.2) is 0 Å². The molecule has 1 saturated heterocycles. The predicted molar refractivity (Wildman–Crippen MR) is 269 cm³/mol. The highest BCUT2D eigenvalue weighted by molar-refractivity contribution is 5.76. The molecule has 0 amide bonds. The molecule has 1 fully saturated rings. The average molecular weight is 1080 g/mol. The first-order valence-corrected chi connectivity index (χ1v) is 24.2. The number of aliphatic hydroxyl groups excluding tert-OH is 17. The molecule has 0 aliphatic carbocycles. The molecule has 442 valence electrons. The van der Waals surface area contributed by atoms with Crippen LogP contribution in [-0.2, 0) is 33.4 Å². The molecule has 12 atom stereocenters. The fourth-order valence-corrected chi connectivity index (χ4v) is 5.53. The van der Waals surface area contributed by atoms with E-state index in [0.29, 0.717) is 83.5 Å². The summed E-state index contributed by atoms with van der Waals surface area (Å²) < 4.78 is 9.18. The number of Topliss-reactive ketones (excluding diaryl/α,β-unsaturated/α-hetero) is 3. The van der Waals surface area contributed by atoms with Gasteiger partial charge in [-0.05, 0) is 91.4 Å². The van der Waals surface area contributed by atoms with Crippen molar-refractivity contribution in [2.45, 2.75) is 238 Å². The van der Waals surface area contributed by atoms with E-state index in [2.05, 4.69) is 11.7 Å². The minimum Gasteiger partial charge on any atom is -0.469 e. The summed E-state index contributed by atoms with van der Waals surface area (Å²) in [6, 6.07) is 0. The van der Waals surface area contributed by atoms with E-state index in [1.807, 2.05) is 0 Å². The Kier molecular flexibility index (Phi) is 65.8. The van der Waals surface area contributed by atoms with E-state index in [9.17, 15) is 24.0 Å². The van der Waals surface area contributed by atoms with Gasteiger partial charge in [0, 0.05) is 32.1 Å². The van der Waals surface area contributed by atoms with Crippen molar-refractivity contribution in [3.8, 4) is 0 Å². The first-order chi connectivity index (χ1) is 33.3. The van der Waals surface area contributed by atoms with Crippen molar-refractivity contribution >= 4 is 29.3 Å². The molecule has 0 bridgehead atoms. The fourth-order valence-electron chi connectivity index (χ4n) is 5.53. The highest BCUT2D eigenvalue weighted by Crippen LogP contribution is 2.16. The second-order valence-corrected chi connectivity index (χ2v) is 17.0. The number of cyclic esters (lactones) is 1. The van der Waals surface area contributed by atoms with E-state index < -0.39 is 99.7 Å². The van der Waals surface area contributed by atoms with Crippen LogP contribution < -0.4 is 0 Å². The van der Waals surface area contributed by atoms with Crippen molar-refractivity contribution in [3.63, 3.8) is 0 Å². The van der Waals surface area contributed by atoms with Crippen LogP contribution in [0.15, 0.2) is 0 Å². The maximum atomic E-state index is 10.7. The molecule has 0 aromatic heterocycles. The first kappa shape index (κ1) is 84.2. The molecule has 73 heavy (non-hydrogen) atoms. The second kappa shape index (κ2) is 57.0. The number of unbranched alkanes of at least 4 members (excludes halogenated alkanes) is 2. The largest absolute Gasteiger partial charge is 0.469 e. The summed E-state index contributed by atoms with van der Waals surface area (Å²) in [6.45, 7) is 4.02. The zero-order valence-corrected chi connectivity index (χ0v) is 42.6. The Hall–Kier alpha value is -2.73. The van der Waals surface area contributed by atoms with Gasteiger partial charge in [-0.1, -0.05) is 41.0 Å². The van der Waals surface area contributed by atoms with Crippen LogP contribution in [0.25, 0.3) is 0 Å². The molecular weight excluding hydrogens is 973 g/mol. The maximum absolute atomic E-state index is 10.7. The third kappa shape index (κ3) is 56.8. The number of carbonyl (C=O) groups is 5. The Balaban J connectivity index is -0.000000143. The summed E-state index contributed by atoms with van der Waals surface area (Å²) in [6.07, 6.45) is -0.953. The SMILES string of the molecule is C.C.CC(=O)CCC[C@H](O)[C@H](O)CO.CC(=O)CCC[C@H](O)[C@H](O)CO.CC(=O)CCC[C@H](O)[C@H](O)CO.CCCCC[C@H](O)[C@H](O)CO.COC(=O)CCC[C@H](O)[C@H](O)CO.O=C1CCCC([C@H](O)CO)O1. The topological polar surface area (TPSA) is 448 Å². The Labute approximate surface area is 433 Å². The molecule has 0 radical (unpaired) electrons. The van der Waals surface area contributed by atoms with Crippen molar-refractivity contribution in [2.24, 2.45) is 0 Å². The van der Waals surface area contributed by atoms with Crippen LogP contribution in [0.2, 0.25) is 0 Å². The Morgan fingerprint density at radius 3 is 1.00 bits per heavy atom. The van der Waals surface area contributed by atoms with Crippen LogP contribution in [0.5, 0.6) is 0 Å². The molecule has 0 spiro atoms. The monoisotopic (exact) mass is 1070 g/mol. The van der Waals surface area contributed by atoms with Gasteiger partial charge in [-0.15, -0.1) is 0 Å². The van der Waals surface area contributed by atoms with Crippen molar-refractivity contribution in [1.82, 2.24) is 0 Å². The van der Waals surface area contributed by atoms with Gasteiger partial charge < -0.3 is 111 Å². The summed E-state index contributed by atoms with van der Waals surface area (Å²) in [7, 11) is 1.29. The average Bonchev–Trinajstić information content (AvgIpc) is 3.34. The normalized spacial score (nSPS) is 17.1. The van der Waals surface area contributed by atoms with Crippen molar-refractivity contribution < 1.29 is 120 Å². The van der Waals surface area contributed by atoms with E-state index >= 15 is 0 Å². The standard InChI is InChI=1S/C8H16O5.3C8H16O4.C8H18O3.C7H12O4.2CH4/c1-13-8(12)4-2-3-6(10)7(11)5-9;3*1-6(10)3-2-4-7(11)8(12)5-9;1-2-3-4-5-7(10)8(11)6-9;8-4-5(9)6-2-1-3-7(10)11-6;;/h6-7,9-11H,2-5H2,1H3;3*7-9,11-12H,2-5H2,1H3;7-11H,2-6H2,1H3;5-6,8-9H,1-4H2;2*1H4/t6-,7+;4*7-,8+;5-,6?;;/m000001../s1. The van der Waals surface area contributed by atoms with Gasteiger partial charge in [0.2, 0.25) is 0 Å². The summed E-state index contributed by atoms with van der Waals surface area (Å²) >= 11 is 0. The molecule has 1 unspecified atom stereocenters. The molecule has 0 saturated carbocycles. The number of ether oxygens (including phenoxy) is 2. The summed E-state index contributed by atoms with van der Waals surface area (Å²) in [5.74, 6) is -0.415. The maximum Gasteiger partial charge on any atom is 0.306 e. The second-order valence-electron chi connectivity index (χ2n) is 17.0. The van der Waals surface area contributed by atoms with E-state index in [4.69, 9.17) is 91.5 Å². The van der Waals surface area contributed by atoms with Gasteiger partial charge in [0.05, 0.1) is 77.3 Å². The van der Waals surface area contributed by atoms with Gasteiger partial charge in [0.1, 0.15) is 60.1 Å². The molecular formula is C49H102O24. The van der Waals surface area contributed by atoms with E-state index in [-0.39, 0.29) is 70.2 Å². The Bertz CT molecular complexity index is 1190. The van der Waals surface area contributed by atoms with Crippen LogP contribution in [0, 0.1) is 0 Å². The summed E-state index contributed by atoms with van der Waals surface area (Å²) in [4.78, 5) is 52.7. The fraction of sp³-hybridized carbons (Fsp3) is 0.898. The zero-order valence-electron chi connectivity index (χ0n) is 42.6. The molecule has 17 N–H and O–H groups in total. The van der Waals surface area contributed by atoms with Crippen LogP contribution in [-0.4, -0.2) is 236 Å². The van der Waals surface area contributed by atoms with Crippen molar-refractivity contribution in [2.75, 3.05) is 46.8 Å². The van der Waals surface area contributed by atoms with Crippen molar-refractivity contribution in [3.05, 3.63) is 0 Å². The van der Waals surface area contributed by atoms with Crippen LogP contribution in [0.3, 0.4) is 0 Å². The Morgan fingerprint density at radius 2 is 0.767 bits per heavy atom. The summed E-state index contributed by atoms with van der Waals surface area (Å²) in [5, 5.41) is 150. The minimum atomic E-state index is -1.13. The molecule has 24 nitrogen and oxygen atoms in total. The lowest BCUT2D eigenvalue weighted by molar-refractivity contribution is -0.162. The van der Waals surface area contributed by atoms with Gasteiger partial charge in [0.15, 0.2) is 0 Å². The van der Waals surface area contributed by atoms with Crippen molar-refractivity contribution in [1.29, 1.82) is 0 Å². The van der Waals surface area contributed by atoms with E-state index in [1.54, 1.807) is 0 Å². The highest BCUT2D eigenvalue weighted by atomic mass is 16.6. The lowest BCUT2D eigenvalue weighted by Crippen LogP contribution is -2.36. The number of ketones is 3. The third-order valence-corrected chi connectivity index (χ3v) is 10.2. The Morgan fingerprint density at radius 1 is 0.479 bits per heavy atom.